The largest absolute Gasteiger partial charge is 0.480 e. The number of hydrogen-bond donors (Lipinski definition) is 1. The highest BCUT2D eigenvalue weighted by Crippen LogP contribution is 2.26. The van der Waals surface area contributed by atoms with E-state index in [1.54, 1.807) is 0 Å². The molecule has 1 saturated heterocycles. The topological polar surface area (TPSA) is 77.9 Å². The van der Waals surface area contributed by atoms with E-state index in [0.717, 1.165) is 11.1 Å². The highest BCUT2D eigenvalue weighted by molar-refractivity contribution is 5.92. The summed E-state index contributed by atoms with van der Waals surface area (Å²) in [6.45, 7) is 0.338. The fraction of sp³-hybridized carbons (Fsp3) is 0.211. The van der Waals surface area contributed by atoms with Crippen LogP contribution in [0.15, 0.2) is 60.7 Å². The van der Waals surface area contributed by atoms with Gasteiger partial charge in [-0.3, -0.25) is 0 Å². The van der Waals surface area contributed by atoms with Crippen LogP contribution < -0.4 is 0 Å². The Morgan fingerprint density at radius 3 is 1.84 bits per heavy atom. The number of carbonyl (C=O) groups is 3. The summed E-state index contributed by atoms with van der Waals surface area (Å²) in [5, 5.41) is 9.59. The van der Waals surface area contributed by atoms with Gasteiger partial charge in [0.15, 0.2) is 6.04 Å². The number of hydrogen-bond acceptors (Lipinski definition) is 3. The number of benzene rings is 2. The van der Waals surface area contributed by atoms with E-state index in [1.807, 2.05) is 60.7 Å². The molecule has 2 unspecified atom stereocenters. The van der Waals surface area contributed by atoms with Crippen molar-refractivity contribution in [3.63, 3.8) is 0 Å². The summed E-state index contributed by atoms with van der Waals surface area (Å²) in [4.78, 5) is 38.7. The summed E-state index contributed by atoms with van der Waals surface area (Å²) < 4.78 is 0. The molecule has 1 aliphatic rings. The lowest BCUT2D eigenvalue weighted by molar-refractivity contribution is -0.143. The Kier molecular flexibility index (Phi) is 4.79. The van der Waals surface area contributed by atoms with Crippen molar-refractivity contribution in [2.24, 2.45) is 0 Å². The minimum Gasteiger partial charge on any atom is -0.480 e. The zero-order valence-electron chi connectivity index (χ0n) is 13.5. The van der Waals surface area contributed by atoms with E-state index >= 15 is 0 Å². The molecule has 0 aromatic heterocycles. The van der Waals surface area contributed by atoms with Crippen LogP contribution in [0.1, 0.15) is 11.1 Å². The molecule has 25 heavy (non-hydrogen) atoms. The monoisotopic (exact) mass is 338 g/mol. The zero-order chi connectivity index (χ0) is 17.8. The Hall–Kier alpha value is -3.15. The highest BCUT2D eigenvalue weighted by atomic mass is 16.4. The molecule has 1 heterocycles. The van der Waals surface area contributed by atoms with Gasteiger partial charge >= 0.3 is 12.0 Å². The molecule has 2 aromatic carbocycles. The maximum Gasteiger partial charge on any atom is 0.329 e. The Labute approximate surface area is 145 Å². The molecular formula is C19H18N2O4. The fourth-order valence-corrected chi connectivity index (χ4v) is 3.09. The molecule has 1 N–H and O–H groups in total. The number of aldehydes is 1. The standard InChI is InChI=1S/C19H18N2O4/c22-13-16-17(18(23)24)21(12-15-9-5-2-6-10-15)19(25)20(16)11-14-7-3-1-4-8-14/h1-10,13,16-17H,11-12H2,(H,23,24). The van der Waals surface area contributed by atoms with Crippen LogP contribution in [0.4, 0.5) is 4.79 Å². The molecular weight excluding hydrogens is 320 g/mol. The fourth-order valence-electron chi connectivity index (χ4n) is 3.09. The van der Waals surface area contributed by atoms with Gasteiger partial charge in [0.2, 0.25) is 0 Å². The van der Waals surface area contributed by atoms with E-state index in [2.05, 4.69) is 0 Å². The van der Waals surface area contributed by atoms with Crippen molar-refractivity contribution in [3.8, 4) is 0 Å². The molecule has 0 bridgehead atoms. The van der Waals surface area contributed by atoms with Crippen LogP contribution in [0.5, 0.6) is 0 Å². The van der Waals surface area contributed by atoms with Crippen molar-refractivity contribution < 1.29 is 19.5 Å². The Bertz CT molecular complexity index is 764. The third-order valence-electron chi connectivity index (χ3n) is 4.29. The van der Waals surface area contributed by atoms with E-state index in [9.17, 15) is 19.5 Å². The summed E-state index contributed by atoms with van der Waals surface area (Å²) in [5.41, 5.74) is 1.65. The van der Waals surface area contributed by atoms with Gasteiger partial charge in [-0.05, 0) is 11.1 Å². The molecule has 128 valence electrons. The van der Waals surface area contributed by atoms with E-state index in [4.69, 9.17) is 0 Å². The molecule has 2 amide bonds. The maximum absolute atomic E-state index is 12.8. The first kappa shape index (κ1) is 16.7. The summed E-state index contributed by atoms with van der Waals surface area (Å²) in [7, 11) is 0. The van der Waals surface area contributed by atoms with Gasteiger partial charge in [-0.2, -0.15) is 0 Å². The van der Waals surface area contributed by atoms with Crippen molar-refractivity contribution in [1.29, 1.82) is 0 Å². The average Bonchev–Trinajstić information content (AvgIpc) is 2.89. The van der Waals surface area contributed by atoms with Crippen molar-refractivity contribution in [3.05, 3.63) is 71.8 Å². The quantitative estimate of drug-likeness (QED) is 0.819. The van der Waals surface area contributed by atoms with E-state index in [-0.39, 0.29) is 13.1 Å². The molecule has 1 aliphatic heterocycles. The molecule has 0 aliphatic carbocycles. The minimum atomic E-state index is -1.20. The van der Waals surface area contributed by atoms with Crippen LogP contribution in [0.2, 0.25) is 0 Å². The van der Waals surface area contributed by atoms with Crippen LogP contribution in [0.3, 0.4) is 0 Å². The number of carbonyl (C=O) groups excluding carboxylic acids is 2. The first-order valence-corrected chi connectivity index (χ1v) is 7.95. The van der Waals surface area contributed by atoms with Gasteiger partial charge in [0.1, 0.15) is 12.3 Å². The second-order valence-corrected chi connectivity index (χ2v) is 5.92. The van der Waals surface area contributed by atoms with Crippen LogP contribution in [-0.4, -0.2) is 45.3 Å². The predicted molar refractivity (Wildman–Crippen MR) is 90.6 cm³/mol. The maximum atomic E-state index is 12.8. The highest BCUT2D eigenvalue weighted by Gasteiger charge is 2.49. The molecule has 2 aromatic rings. The Morgan fingerprint density at radius 1 is 0.920 bits per heavy atom. The zero-order valence-corrected chi connectivity index (χ0v) is 13.5. The van der Waals surface area contributed by atoms with Gasteiger partial charge < -0.3 is 19.7 Å². The second-order valence-electron chi connectivity index (χ2n) is 5.92. The number of amides is 2. The predicted octanol–water partition coefficient (Wildman–Crippen LogP) is 2.15. The first-order chi connectivity index (χ1) is 12.1. The van der Waals surface area contributed by atoms with Crippen molar-refractivity contribution in [2.75, 3.05) is 0 Å². The number of nitrogens with zero attached hydrogens (tertiary/aromatic N) is 2. The Balaban J connectivity index is 1.90. The minimum absolute atomic E-state index is 0.145. The van der Waals surface area contributed by atoms with E-state index < -0.39 is 24.1 Å². The van der Waals surface area contributed by atoms with Crippen LogP contribution in [0, 0.1) is 0 Å². The van der Waals surface area contributed by atoms with Gasteiger partial charge in [-0.1, -0.05) is 60.7 Å². The van der Waals surface area contributed by atoms with Gasteiger partial charge in [0.05, 0.1) is 0 Å². The molecule has 0 saturated carbocycles. The second kappa shape index (κ2) is 7.17. The molecule has 0 radical (unpaired) electrons. The molecule has 1 fully saturated rings. The number of aliphatic carboxylic acids is 1. The summed E-state index contributed by atoms with van der Waals surface area (Å²) in [6, 6.07) is 15.7. The smallest absolute Gasteiger partial charge is 0.329 e. The molecule has 3 rings (SSSR count). The number of carboxylic acids is 1. The lowest BCUT2D eigenvalue weighted by Crippen LogP contribution is -2.44. The normalized spacial score (nSPS) is 19.9. The third kappa shape index (κ3) is 3.38. The number of urea groups is 1. The number of rotatable bonds is 6. The Morgan fingerprint density at radius 2 is 1.40 bits per heavy atom. The molecule has 6 nitrogen and oxygen atoms in total. The summed E-state index contributed by atoms with van der Waals surface area (Å²) >= 11 is 0. The molecule has 6 heteroatoms. The van der Waals surface area contributed by atoms with Gasteiger partial charge in [0.25, 0.3) is 0 Å². The molecule has 0 spiro atoms. The van der Waals surface area contributed by atoms with Crippen molar-refractivity contribution >= 4 is 18.3 Å². The van der Waals surface area contributed by atoms with Gasteiger partial charge in [-0.15, -0.1) is 0 Å². The summed E-state index contributed by atoms with van der Waals surface area (Å²) in [5.74, 6) is -1.18. The van der Waals surface area contributed by atoms with Crippen LogP contribution in [-0.2, 0) is 22.7 Å². The number of carboxylic acid groups (broad SMARTS) is 1. The lowest BCUT2D eigenvalue weighted by atomic mass is 10.1. The first-order valence-electron chi connectivity index (χ1n) is 7.95. The van der Waals surface area contributed by atoms with Gasteiger partial charge in [-0.25, -0.2) is 9.59 Å². The lowest BCUT2D eigenvalue weighted by Gasteiger charge is -2.20. The van der Waals surface area contributed by atoms with E-state index in [1.165, 1.54) is 9.80 Å². The van der Waals surface area contributed by atoms with Crippen molar-refractivity contribution in [1.82, 2.24) is 9.80 Å². The van der Waals surface area contributed by atoms with Gasteiger partial charge in [0, 0.05) is 13.1 Å². The SMILES string of the molecule is O=CC1C(C(=O)O)N(Cc2ccccc2)C(=O)N1Cc1ccccc1. The summed E-state index contributed by atoms with van der Waals surface area (Å²) in [6.07, 6.45) is 0.546. The van der Waals surface area contributed by atoms with Crippen molar-refractivity contribution in [2.45, 2.75) is 25.2 Å². The van der Waals surface area contributed by atoms with Crippen LogP contribution >= 0.6 is 0 Å². The average molecular weight is 338 g/mol. The van der Waals surface area contributed by atoms with E-state index in [0.29, 0.717) is 6.29 Å². The molecule has 2 atom stereocenters. The van der Waals surface area contributed by atoms with Crippen LogP contribution in [0.25, 0.3) is 0 Å². The third-order valence-corrected chi connectivity index (χ3v) is 4.29.